The lowest BCUT2D eigenvalue weighted by atomic mass is 10.0. The van der Waals surface area contributed by atoms with E-state index < -0.39 is 22.3 Å². The van der Waals surface area contributed by atoms with E-state index >= 15 is 0 Å². The fourth-order valence-corrected chi connectivity index (χ4v) is 6.22. The van der Waals surface area contributed by atoms with Gasteiger partial charge in [0.25, 0.3) is 11.6 Å². The van der Waals surface area contributed by atoms with Crippen molar-refractivity contribution >= 4 is 47.0 Å². The number of nitrogens with zero attached hydrogens (tertiary/aromatic N) is 2. The summed E-state index contributed by atoms with van der Waals surface area (Å²) in [5, 5.41) is 13.2. The van der Waals surface area contributed by atoms with E-state index in [2.05, 4.69) is 5.32 Å². The third kappa shape index (κ3) is 5.72. The highest BCUT2D eigenvalue weighted by atomic mass is 32.2. The van der Waals surface area contributed by atoms with Gasteiger partial charge in [-0.15, -0.1) is 23.5 Å². The number of esters is 1. The zero-order valence-electron chi connectivity index (χ0n) is 19.1. The van der Waals surface area contributed by atoms with E-state index in [4.69, 9.17) is 10.5 Å². The van der Waals surface area contributed by atoms with E-state index in [-0.39, 0.29) is 36.2 Å². The molecule has 2 aliphatic heterocycles. The highest BCUT2D eigenvalue weighted by Crippen LogP contribution is 2.43. The van der Waals surface area contributed by atoms with Crippen LogP contribution < -0.4 is 11.1 Å². The Labute approximate surface area is 215 Å². The predicted molar refractivity (Wildman–Crippen MR) is 137 cm³/mol. The summed E-state index contributed by atoms with van der Waals surface area (Å²) in [4.78, 5) is 51.1. The van der Waals surface area contributed by atoms with E-state index in [0.717, 1.165) is 5.56 Å². The van der Waals surface area contributed by atoms with Crippen molar-refractivity contribution in [3.63, 3.8) is 0 Å². The standard InChI is InChI=1S/C24H24N4O6S2/c25-10-11-35-18-14-36-23-20(26-19(29)12-15-4-2-1-3-5-15)22(30)27(23)21(18)24(31)34-13-16-6-8-17(9-7-16)28(32)33/h1-9,20,23H,10-14,25H2,(H,26,29)/t20-,23+/m1/s1. The van der Waals surface area contributed by atoms with Gasteiger partial charge in [0, 0.05) is 35.1 Å². The van der Waals surface area contributed by atoms with Crippen LogP contribution in [0.5, 0.6) is 0 Å². The van der Waals surface area contributed by atoms with Crippen LogP contribution in [0.3, 0.4) is 0 Å². The summed E-state index contributed by atoms with van der Waals surface area (Å²) >= 11 is 2.87. The molecule has 0 unspecified atom stereocenters. The molecular formula is C24H24N4O6S2. The molecule has 3 N–H and O–H groups in total. The first-order valence-corrected chi connectivity index (χ1v) is 13.2. The maximum atomic E-state index is 13.1. The first kappa shape index (κ1) is 25.7. The number of β-lactam (4-membered cyclic amide) rings is 1. The summed E-state index contributed by atoms with van der Waals surface area (Å²) in [7, 11) is 0. The van der Waals surface area contributed by atoms with E-state index in [1.807, 2.05) is 30.3 Å². The summed E-state index contributed by atoms with van der Waals surface area (Å²) in [6, 6.07) is 14.2. The van der Waals surface area contributed by atoms with Gasteiger partial charge in [0.2, 0.25) is 5.91 Å². The maximum absolute atomic E-state index is 13.1. The van der Waals surface area contributed by atoms with Gasteiger partial charge < -0.3 is 15.8 Å². The first-order valence-electron chi connectivity index (χ1n) is 11.1. The summed E-state index contributed by atoms with van der Waals surface area (Å²) in [6.45, 7) is 0.297. The van der Waals surface area contributed by atoms with Crippen molar-refractivity contribution in [1.29, 1.82) is 0 Å². The number of rotatable bonds is 10. The molecule has 0 radical (unpaired) electrons. The van der Waals surface area contributed by atoms with E-state index in [0.29, 0.717) is 28.5 Å². The van der Waals surface area contributed by atoms with Crippen LogP contribution in [-0.2, 0) is 32.1 Å². The number of thioether (sulfide) groups is 2. The molecule has 4 rings (SSSR count). The summed E-state index contributed by atoms with van der Waals surface area (Å²) in [5.41, 5.74) is 7.15. The Morgan fingerprint density at radius 1 is 1.17 bits per heavy atom. The second-order valence-corrected chi connectivity index (χ2v) is 10.3. The lowest BCUT2D eigenvalue weighted by Crippen LogP contribution is -2.70. The van der Waals surface area contributed by atoms with Crippen molar-refractivity contribution in [2.75, 3.05) is 18.1 Å². The van der Waals surface area contributed by atoms with Crippen LogP contribution in [0.4, 0.5) is 5.69 Å². The quantitative estimate of drug-likeness (QED) is 0.205. The number of nitrogens with one attached hydrogen (secondary N) is 1. The molecule has 12 heteroatoms. The van der Waals surface area contributed by atoms with Gasteiger partial charge in [-0.2, -0.15) is 0 Å². The number of nitrogens with two attached hydrogens (primary N) is 1. The molecule has 2 heterocycles. The molecule has 0 bridgehead atoms. The van der Waals surface area contributed by atoms with Crippen LogP contribution in [-0.4, -0.2) is 57.1 Å². The summed E-state index contributed by atoms with van der Waals surface area (Å²) in [6.07, 6.45) is 0.152. The Morgan fingerprint density at radius 2 is 1.89 bits per heavy atom. The molecule has 0 spiro atoms. The summed E-state index contributed by atoms with van der Waals surface area (Å²) < 4.78 is 5.47. The highest BCUT2D eigenvalue weighted by molar-refractivity contribution is 8.06. The average molecular weight is 529 g/mol. The van der Waals surface area contributed by atoms with Crippen LogP contribution in [0.25, 0.3) is 0 Å². The Morgan fingerprint density at radius 3 is 2.56 bits per heavy atom. The summed E-state index contributed by atoms with van der Waals surface area (Å²) in [5.74, 6) is -0.262. The number of nitro groups is 1. The minimum Gasteiger partial charge on any atom is -0.456 e. The Balaban J connectivity index is 1.44. The first-order chi connectivity index (χ1) is 17.4. The minimum absolute atomic E-state index is 0.0630. The van der Waals surface area contributed by atoms with E-state index in [1.165, 1.54) is 52.7 Å². The van der Waals surface area contributed by atoms with Crippen LogP contribution in [0, 0.1) is 10.1 Å². The van der Waals surface area contributed by atoms with Gasteiger partial charge in [-0.1, -0.05) is 30.3 Å². The maximum Gasteiger partial charge on any atom is 0.356 e. The molecule has 36 heavy (non-hydrogen) atoms. The van der Waals surface area contributed by atoms with Crippen LogP contribution in [0.1, 0.15) is 11.1 Å². The van der Waals surface area contributed by atoms with Gasteiger partial charge in [-0.05, 0) is 23.3 Å². The Bertz CT molecular complexity index is 1190. The molecule has 2 amide bonds. The number of carbonyl (C=O) groups excluding carboxylic acids is 3. The third-order valence-corrected chi connectivity index (χ3v) is 8.15. The van der Waals surface area contributed by atoms with Crippen molar-refractivity contribution in [1.82, 2.24) is 10.2 Å². The van der Waals surface area contributed by atoms with E-state index in [1.54, 1.807) is 0 Å². The molecule has 0 aromatic heterocycles. The second kappa shape index (κ2) is 11.6. The number of fused-ring (bicyclic) bond motifs is 1. The molecule has 2 atom stereocenters. The molecule has 188 valence electrons. The molecule has 1 fully saturated rings. The van der Waals surface area contributed by atoms with Crippen LogP contribution in [0.2, 0.25) is 0 Å². The lowest BCUT2D eigenvalue weighted by molar-refractivity contribution is -0.384. The zero-order valence-corrected chi connectivity index (χ0v) is 20.8. The SMILES string of the molecule is NCCSC1=C(C(=O)OCc2ccc([N+](=O)[O-])cc2)N2C(=O)[C@@H](NC(=O)Cc3ccccc3)[C@@H]2SC1. The number of amides is 2. The van der Waals surface area contributed by atoms with Crippen LogP contribution in [0.15, 0.2) is 65.2 Å². The number of non-ortho nitro benzene ring substituents is 1. The predicted octanol–water partition coefficient (Wildman–Crippen LogP) is 2.18. The van der Waals surface area contributed by atoms with Gasteiger partial charge in [0.05, 0.1) is 11.3 Å². The average Bonchev–Trinajstić information content (AvgIpc) is 2.89. The van der Waals surface area contributed by atoms with Crippen LogP contribution >= 0.6 is 23.5 Å². The third-order valence-electron chi connectivity index (χ3n) is 5.56. The number of hydrogen-bond acceptors (Lipinski definition) is 9. The molecule has 2 aromatic rings. The fourth-order valence-electron chi connectivity index (χ4n) is 3.81. The number of ether oxygens (including phenoxy) is 1. The molecule has 10 nitrogen and oxygen atoms in total. The molecule has 2 aliphatic rings. The fraction of sp³-hybridized carbons (Fsp3) is 0.292. The number of nitro benzene ring substituents is 1. The van der Waals surface area contributed by atoms with Gasteiger partial charge in [0.15, 0.2) is 0 Å². The van der Waals surface area contributed by atoms with Gasteiger partial charge in [-0.3, -0.25) is 24.6 Å². The normalized spacial score (nSPS) is 18.8. The molecule has 0 aliphatic carbocycles. The second-order valence-electron chi connectivity index (χ2n) is 8.03. The van der Waals surface area contributed by atoms with Crippen molar-refractivity contribution in [2.24, 2.45) is 5.73 Å². The molecule has 1 saturated heterocycles. The largest absolute Gasteiger partial charge is 0.456 e. The minimum atomic E-state index is -0.732. The topological polar surface area (TPSA) is 145 Å². The van der Waals surface area contributed by atoms with Gasteiger partial charge in [0.1, 0.15) is 23.7 Å². The van der Waals surface area contributed by atoms with E-state index in [9.17, 15) is 24.5 Å². The monoisotopic (exact) mass is 528 g/mol. The smallest absolute Gasteiger partial charge is 0.356 e. The number of benzene rings is 2. The van der Waals surface area contributed by atoms with Gasteiger partial charge >= 0.3 is 5.97 Å². The number of hydrogen-bond donors (Lipinski definition) is 2. The van der Waals surface area contributed by atoms with Crippen molar-refractivity contribution < 1.29 is 24.0 Å². The molecule has 2 aromatic carbocycles. The molecular weight excluding hydrogens is 504 g/mol. The highest BCUT2D eigenvalue weighted by Gasteiger charge is 2.54. The zero-order chi connectivity index (χ0) is 25.7. The van der Waals surface area contributed by atoms with Crippen molar-refractivity contribution in [2.45, 2.75) is 24.4 Å². The Hall–Kier alpha value is -3.35. The van der Waals surface area contributed by atoms with Gasteiger partial charge in [-0.25, -0.2) is 4.79 Å². The van der Waals surface area contributed by atoms with Crippen molar-refractivity contribution in [3.05, 3.63) is 86.4 Å². The molecule has 0 saturated carbocycles. The number of carbonyl (C=O) groups is 3. The lowest BCUT2D eigenvalue weighted by Gasteiger charge is -2.49. The van der Waals surface area contributed by atoms with Crippen molar-refractivity contribution in [3.8, 4) is 0 Å². The Kier molecular flexibility index (Phi) is 8.28.